The van der Waals surface area contributed by atoms with Gasteiger partial charge in [0.2, 0.25) is 0 Å². The molecular weight excluding hydrogens is 508 g/mol. The topological polar surface area (TPSA) is 24.7 Å². The van der Waals surface area contributed by atoms with Crippen LogP contribution in [0.3, 0.4) is 0 Å². The van der Waals surface area contributed by atoms with Gasteiger partial charge in [-0.05, 0) is 102 Å². The van der Waals surface area contributed by atoms with E-state index in [0.29, 0.717) is 0 Å². The first kappa shape index (κ1) is 24.2. The second-order valence-corrected chi connectivity index (χ2v) is 10.7. The van der Waals surface area contributed by atoms with Crippen LogP contribution in [-0.4, -0.2) is 0 Å². The Labute approximate surface area is 244 Å². The van der Waals surface area contributed by atoms with Crippen LogP contribution >= 0.6 is 0 Å². The van der Waals surface area contributed by atoms with Gasteiger partial charge in [0.15, 0.2) is 0 Å². The molecule has 42 heavy (non-hydrogen) atoms. The average Bonchev–Trinajstić information content (AvgIpc) is 3.07. The molecule has 0 atom stereocenters. The Kier molecular flexibility index (Phi) is 5.82. The summed E-state index contributed by atoms with van der Waals surface area (Å²) in [6, 6.07) is 55.7. The summed E-state index contributed by atoms with van der Waals surface area (Å²) in [5.74, 6) is 0. The van der Waals surface area contributed by atoms with E-state index in [1.807, 2.05) is 12.1 Å². The minimum atomic E-state index is 0.825. The molecule has 0 saturated heterocycles. The van der Waals surface area contributed by atoms with Crippen LogP contribution in [0.4, 0.5) is 11.4 Å². The fraction of sp³-hybridized carbons (Fsp3) is 0. The van der Waals surface area contributed by atoms with Gasteiger partial charge in [-0.3, -0.25) is 0 Å². The second-order valence-electron chi connectivity index (χ2n) is 10.7. The lowest BCUT2D eigenvalue weighted by molar-refractivity contribution is 1.23. The number of azo groups is 1. The van der Waals surface area contributed by atoms with Crippen molar-refractivity contribution in [2.24, 2.45) is 10.2 Å². The minimum Gasteiger partial charge on any atom is -0.151 e. The Morgan fingerprint density at radius 1 is 0.286 bits per heavy atom. The molecule has 8 aromatic carbocycles. The fourth-order valence-corrected chi connectivity index (χ4v) is 6.17. The summed E-state index contributed by atoms with van der Waals surface area (Å²) in [6.45, 7) is 0. The Hall–Kier alpha value is -5.60. The van der Waals surface area contributed by atoms with Crippen LogP contribution < -0.4 is 0 Å². The Morgan fingerprint density at radius 3 is 1.12 bits per heavy atom. The van der Waals surface area contributed by atoms with Gasteiger partial charge in [-0.15, -0.1) is 0 Å². The van der Waals surface area contributed by atoms with Crippen molar-refractivity contribution in [2.75, 3.05) is 0 Å². The molecule has 0 saturated carbocycles. The van der Waals surface area contributed by atoms with Gasteiger partial charge in [-0.25, -0.2) is 0 Å². The Bertz CT molecular complexity index is 2150. The summed E-state index contributed by atoms with van der Waals surface area (Å²) in [4.78, 5) is 0. The van der Waals surface area contributed by atoms with Crippen LogP contribution in [0.25, 0.3) is 65.3 Å². The quantitative estimate of drug-likeness (QED) is 0.158. The first-order valence-corrected chi connectivity index (χ1v) is 14.3. The minimum absolute atomic E-state index is 0.825. The SMILES string of the molecule is c1cc(N=Nc2cccc(-c3cc4ccccc4c4ccccc34)c2)cc(-c2cc3ccccc3c3ccccc23)c1. The van der Waals surface area contributed by atoms with Crippen LogP contribution in [-0.2, 0) is 0 Å². The van der Waals surface area contributed by atoms with E-state index in [0.717, 1.165) is 22.5 Å². The first-order valence-electron chi connectivity index (χ1n) is 14.3. The number of hydrogen-bond acceptors (Lipinski definition) is 2. The van der Waals surface area contributed by atoms with Crippen LogP contribution in [0.15, 0.2) is 168 Å². The summed E-state index contributed by atoms with van der Waals surface area (Å²) >= 11 is 0. The third-order valence-corrected chi connectivity index (χ3v) is 8.13. The van der Waals surface area contributed by atoms with Crippen molar-refractivity contribution in [2.45, 2.75) is 0 Å². The van der Waals surface area contributed by atoms with Gasteiger partial charge in [0, 0.05) is 0 Å². The van der Waals surface area contributed by atoms with Gasteiger partial charge in [0.25, 0.3) is 0 Å². The summed E-state index contributed by atoms with van der Waals surface area (Å²) in [5.41, 5.74) is 6.31. The van der Waals surface area contributed by atoms with Crippen molar-refractivity contribution in [1.82, 2.24) is 0 Å². The van der Waals surface area contributed by atoms with Crippen molar-refractivity contribution >= 4 is 54.5 Å². The van der Waals surface area contributed by atoms with Crippen molar-refractivity contribution in [3.8, 4) is 22.3 Å². The maximum absolute atomic E-state index is 4.68. The molecule has 0 amide bonds. The molecule has 0 spiro atoms. The van der Waals surface area contributed by atoms with Crippen molar-refractivity contribution < 1.29 is 0 Å². The summed E-state index contributed by atoms with van der Waals surface area (Å²) in [7, 11) is 0. The molecule has 0 aliphatic rings. The van der Waals surface area contributed by atoms with Crippen LogP contribution in [0.5, 0.6) is 0 Å². The lowest BCUT2D eigenvalue weighted by Gasteiger charge is -2.11. The highest BCUT2D eigenvalue weighted by atomic mass is 15.1. The molecule has 196 valence electrons. The predicted octanol–water partition coefficient (Wildman–Crippen LogP) is 12.0. The van der Waals surface area contributed by atoms with Crippen molar-refractivity contribution in [3.05, 3.63) is 158 Å². The van der Waals surface area contributed by atoms with Gasteiger partial charge < -0.3 is 0 Å². The molecule has 2 heteroatoms. The van der Waals surface area contributed by atoms with Gasteiger partial charge in [-0.2, -0.15) is 10.2 Å². The average molecular weight is 535 g/mol. The van der Waals surface area contributed by atoms with E-state index in [1.165, 1.54) is 54.2 Å². The van der Waals surface area contributed by atoms with Crippen LogP contribution in [0, 0.1) is 0 Å². The molecular formula is C40H26N2. The van der Waals surface area contributed by atoms with Gasteiger partial charge >= 0.3 is 0 Å². The van der Waals surface area contributed by atoms with E-state index >= 15 is 0 Å². The zero-order chi connectivity index (χ0) is 27.9. The summed E-state index contributed by atoms with van der Waals surface area (Å²) in [5, 5.41) is 19.4. The molecule has 0 fully saturated rings. The third-order valence-electron chi connectivity index (χ3n) is 8.13. The van der Waals surface area contributed by atoms with E-state index in [4.69, 9.17) is 0 Å². The maximum atomic E-state index is 4.68. The standard InChI is InChI=1S/C40H26N2/c1-3-17-33-29(11-1)25-39(37-21-7-5-19-35(33)37)27-13-9-15-31(23-27)41-42-32-16-10-14-28(24-32)40-26-30-12-2-4-18-34(30)36-20-6-8-22-38(36)40/h1-26H. The van der Waals surface area contributed by atoms with E-state index in [1.54, 1.807) is 0 Å². The predicted molar refractivity (Wildman–Crippen MR) is 178 cm³/mol. The number of nitrogens with zero attached hydrogens (tertiary/aromatic N) is 2. The van der Waals surface area contributed by atoms with Crippen LogP contribution in [0.2, 0.25) is 0 Å². The first-order chi connectivity index (χ1) is 20.8. The molecule has 0 aliphatic heterocycles. The van der Waals surface area contributed by atoms with E-state index < -0.39 is 0 Å². The molecule has 0 radical (unpaired) electrons. The largest absolute Gasteiger partial charge is 0.151 e. The zero-order valence-electron chi connectivity index (χ0n) is 22.9. The molecule has 0 bridgehead atoms. The Morgan fingerprint density at radius 2 is 0.667 bits per heavy atom. The molecule has 0 unspecified atom stereocenters. The van der Waals surface area contributed by atoms with Crippen molar-refractivity contribution in [1.29, 1.82) is 0 Å². The number of fused-ring (bicyclic) bond motifs is 6. The fourth-order valence-electron chi connectivity index (χ4n) is 6.17. The summed E-state index contributed by atoms with van der Waals surface area (Å²) < 4.78 is 0. The number of rotatable bonds is 4. The van der Waals surface area contributed by atoms with Crippen molar-refractivity contribution in [3.63, 3.8) is 0 Å². The smallest absolute Gasteiger partial charge is 0.0863 e. The highest BCUT2D eigenvalue weighted by molar-refractivity contribution is 6.14. The van der Waals surface area contributed by atoms with E-state index in [-0.39, 0.29) is 0 Å². The Balaban J connectivity index is 1.18. The number of benzene rings is 8. The maximum Gasteiger partial charge on any atom is 0.0863 e. The lowest BCUT2D eigenvalue weighted by Crippen LogP contribution is -1.84. The second kappa shape index (κ2) is 10.1. The molecule has 8 rings (SSSR count). The monoisotopic (exact) mass is 534 g/mol. The summed E-state index contributed by atoms with van der Waals surface area (Å²) in [6.07, 6.45) is 0. The molecule has 0 heterocycles. The van der Waals surface area contributed by atoms with E-state index in [9.17, 15) is 0 Å². The highest BCUT2D eigenvalue weighted by Crippen LogP contribution is 2.38. The van der Waals surface area contributed by atoms with Gasteiger partial charge in [0.1, 0.15) is 0 Å². The zero-order valence-corrected chi connectivity index (χ0v) is 22.9. The van der Waals surface area contributed by atoms with Gasteiger partial charge in [0.05, 0.1) is 11.4 Å². The molecule has 0 aromatic heterocycles. The normalized spacial score (nSPS) is 11.7. The highest BCUT2D eigenvalue weighted by Gasteiger charge is 2.10. The van der Waals surface area contributed by atoms with Crippen LogP contribution in [0.1, 0.15) is 0 Å². The lowest BCUT2D eigenvalue weighted by atomic mass is 9.93. The van der Waals surface area contributed by atoms with Gasteiger partial charge in [-0.1, -0.05) is 121 Å². The van der Waals surface area contributed by atoms with E-state index in [2.05, 4.69) is 156 Å². The molecule has 0 N–H and O–H groups in total. The molecule has 0 aliphatic carbocycles. The molecule has 8 aromatic rings. The third kappa shape index (κ3) is 4.22. The molecule has 2 nitrogen and oxygen atoms in total. The number of hydrogen-bond donors (Lipinski definition) is 0.